The largest absolute Gasteiger partial charge is 0.381 e. The summed E-state index contributed by atoms with van der Waals surface area (Å²) in [6, 6.07) is 4.67. The Kier molecular flexibility index (Phi) is 8.85. The van der Waals surface area contributed by atoms with Crippen molar-refractivity contribution in [2.45, 2.75) is 26.8 Å². The summed E-state index contributed by atoms with van der Waals surface area (Å²) in [6.45, 7) is 7.09. The number of nitrogens with one attached hydrogen (secondary N) is 2. The lowest BCUT2D eigenvalue weighted by Gasteiger charge is -2.12. The van der Waals surface area contributed by atoms with Crippen LogP contribution in [-0.4, -0.2) is 32.8 Å². The van der Waals surface area contributed by atoms with Gasteiger partial charge in [-0.25, -0.2) is 4.39 Å². The molecule has 0 unspecified atom stereocenters. The molecule has 1 rings (SSSR count). The molecule has 0 saturated heterocycles. The van der Waals surface area contributed by atoms with Gasteiger partial charge >= 0.3 is 0 Å². The highest BCUT2D eigenvalue weighted by molar-refractivity contribution is 6.30. The highest BCUT2D eigenvalue weighted by atomic mass is 35.5. The summed E-state index contributed by atoms with van der Waals surface area (Å²) in [6.07, 6.45) is 0.912. The highest BCUT2D eigenvalue weighted by Crippen LogP contribution is 2.15. The fourth-order valence-corrected chi connectivity index (χ4v) is 1.96. The molecule has 0 aliphatic rings. The molecule has 4 nitrogen and oxygen atoms in total. The minimum Gasteiger partial charge on any atom is -0.381 e. The second kappa shape index (κ2) is 10.4. The second-order valence-corrected chi connectivity index (χ2v) is 5.83. The van der Waals surface area contributed by atoms with Gasteiger partial charge in [0.2, 0.25) is 0 Å². The van der Waals surface area contributed by atoms with E-state index in [0.717, 1.165) is 31.7 Å². The molecule has 0 saturated carbocycles. The van der Waals surface area contributed by atoms with Crippen LogP contribution in [0.2, 0.25) is 5.02 Å². The SMILES string of the molecule is CN=C(NCCCOCC(C)C)NCc1ccc(F)c(Cl)c1. The number of halogens is 2. The molecular formula is C16H25ClFN3O. The van der Waals surface area contributed by atoms with Crippen LogP contribution in [0.25, 0.3) is 0 Å². The van der Waals surface area contributed by atoms with E-state index >= 15 is 0 Å². The lowest BCUT2D eigenvalue weighted by Crippen LogP contribution is -2.37. The summed E-state index contributed by atoms with van der Waals surface area (Å²) in [4.78, 5) is 4.14. The number of hydrogen-bond acceptors (Lipinski definition) is 2. The summed E-state index contributed by atoms with van der Waals surface area (Å²) >= 11 is 5.75. The normalized spacial score (nSPS) is 11.8. The lowest BCUT2D eigenvalue weighted by atomic mass is 10.2. The van der Waals surface area contributed by atoms with Gasteiger partial charge in [0.25, 0.3) is 0 Å². The summed E-state index contributed by atoms with van der Waals surface area (Å²) in [5, 5.41) is 6.49. The molecule has 0 spiro atoms. The van der Waals surface area contributed by atoms with Crippen LogP contribution in [0.3, 0.4) is 0 Å². The molecule has 0 amide bonds. The Labute approximate surface area is 137 Å². The first-order valence-electron chi connectivity index (χ1n) is 7.49. The van der Waals surface area contributed by atoms with Crippen LogP contribution in [0, 0.1) is 11.7 Å². The third kappa shape index (κ3) is 7.61. The van der Waals surface area contributed by atoms with Crippen molar-refractivity contribution < 1.29 is 9.13 Å². The first-order valence-corrected chi connectivity index (χ1v) is 7.87. The van der Waals surface area contributed by atoms with E-state index < -0.39 is 5.82 Å². The van der Waals surface area contributed by atoms with E-state index in [1.807, 2.05) is 0 Å². The number of guanidine groups is 1. The van der Waals surface area contributed by atoms with Crippen LogP contribution in [-0.2, 0) is 11.3 Å². The Morgan fingerprint density at radius 1 is 1.36 bits per heavy atom. The van der Waals surface area contributed by atoms with Gasteiger partial charge in [0.15, 0.2) is 5.96 Å². The maximum atomic E-state index is 13.1. The average molecular weight is 330 g/mol. The van der Waals surface area contributed by atoms with E-state index in [2.05, 4.69) is 29.5 Å². The quantitative estimate of drug-likeness (QED) is 0.437. The van der Waals surface area contributed by atoms with Gasteiger partial charge in [0.05, 0.1) is 5.02 Å². The number of hydrogen-bond donors (Lipinski definition) is 2. The van der Waals surface area contributed by atoms with Crippen LogP contribution in [0.4, 0.5) is 4.39 Å². The zero-order chi connectivity index (χ0) is 16.4. The lowest BCUT2D eigenvalue weighted by molar-refractivity contribution is 0.108. The Morgan fingerprint density at radius 3 is 2.77 bits per heavy atom. The van der Waals surface area contributed by atoms with Gasteiger partial charge < -0.3 is 15.4 Å². The van der Waals surface area contributed by atoms with E-state index in [-0.39, 0.29) is 5.02 Å². The fourth-order valence-electron chi connectivity index (χ4n) is 1.76. The number of rotatable bonds is 8. The molecule has 124 valence electrons. The monoisotopic (exact) mass is 329 g/mol. The molecule has 0 bridgehead atoms. The van der Waals surface area contributed by atoms with Gasteiger partial charge in [-0.05, 0) is 30.0 Å². The molecule has 1 aromatic rings. The van der Waals surface area contributed by atoms with Gasteiger partial charge in [-0.2, -0.15) is 0 Å². The van der Waals surface area contributed by atoms with Crippen molar-refractivity contribution in [3.05, 3.63) is 34.6 Å². The van der Waals surface area contributed by atoms with Crippen molar-refractivity contribution in [1.29, 1.82) is 0 Å². The standard InChI is InChI=1S/C16H25ClFN3O/c1-12(2)11-22-8-4-7-20-16(19-3)21-10-13-5-6-15(18)14(17)9-13/h5-6,9,12H,4,7-8,10-11H2,1-3H3,(H2,19,20,21). The van der Waals surface area contributed by atoms with Gasteiger partial charge in [0.1, 0.15) is 5.82 Å². The van der Waals surface area contributed by atoms with Crippen molar-refractivity contribution in [3.8, 4) is 0 Å². The summed E-state index contributed by atoms with van der Waals surface area (Å²) in [5.74, 6) is 0.851. The van der Waals surface area contributed by atoms with E-state index in [4.69, 9.17) is 16.3 Å². The first-order chi connectivity index (χ1) is 10.5. The van der Waals surface area contributed by atoms with Gasteiger partial charge in [-0.3, -0.25) is 4.99 Å². The van der Waals surface area contributed by atoms with E-state index in [0.29, 0.717) is 18.4 Å². The summed E-state index contributed by atoms with van der Waals surface area (Å²) in [7, 11) is 1.71. The van der Waals surface area contributed by atoms with Gasteiger partial charge in [-0.15, -0.1) is 0 Å². The smallest absolute Gasteiger partial charge is 0.191 e. The van der Waals surface area contributed by atoms with Crippen LogP contribution < -0.4 is 10.6 Å². The molecule has 0 aliphatic heterocycles. The molecule has 6 heteroatoms. The Hall–Kier alpha value is -1.33. The molecule has 2 N–H and O–H groups in total. The zero-order valence-electron chi connectivity index (χ0n) is 13.5. The average Bonchev–Trinajstić information content (AvgIpc) is 2.49. The molecule has 1 aromatic carbocycles. The maximum Gasteiger partial charge on any atom is 0.191 e. The number of benzene rings is 1. The Morgan fingerprint density at radius 2 is 2.14 bits per heavy atom. The summed E-state index contributed by atoms with van der Waals surface area (Å²) in [5.41, 5.74) is 0.898. The minimum absolute atomic E-state index is 0.129. The molecule has 0 aromatic heterocycles. The third-order valence-corrected chi connectivity index (χ3v) is 3.17. The fraction of sp³-hybridized carbons (Fsp3) is 0.562. The van der Waals surface area contributed by atoms with Gasteiger partial charge in [0, 0.05) is 33.4 Å². The molecule has 0 atom stereocenters. The van der Waals surface area contributed by atoms with E-state index in [1.54, 1.807) is 19.2 Å². The Balaban J connectivity index is 2.23. The van der Waals surface area contributed by atoms with Crippen molar-refractivity contribution in [2.24, 2.45) is 10.9 Å². The van der Waals surface area contributed by atoms with Crippen LogP contribution in [0.15, 0.2) is 23.2 Å². The van der Waals surface area contributed by atoms with Crippen LogP contribution in [0.1, 0.15) is 25.8 Å². The predicted molar refractivity (Wildman–Crippen MR) is 89.9 cm³/mol. The third-order valence-electron chi connectivity index (χ3n) is 2.88. The first kappa shape index (κ1) is 18.7. The van der Waals surface area contributed by atoms with E-state index in [1.165, 1.54) is 6.07 Å². The molecular weight excluding hydrogens is 305 g/mol. The van der Waals surface area contributed by atoms with Crippen molar-refractivity contribution in [3.63, 3.8) is 0 Å². The molecule has 22 heavy (non-hydrogen) atoms. The van der Waals surface area contributed by atoms with Crippen molar-refractivity contribution in [2.75, 3.05) is 26.8 Å². The zero-order valence-corrected chi connectivity index (χ0v) is 14.2. The molecule has 0 fully saturated rings. The van der Waals surface area contributed by atoms with Crippen molar-refractivity contribution in [1.82, 2.24) is 10.6 Å². The summed E-state index contributed by atoms with van der Waals surface area (Å²) < 4.78 is 18.6. The second-order valence-electron chi connectivity index (χ2n) is 5.42. The maximum absolute atomic E-state index is 13.1. The molecule has 0 heterocycles. The number of ether oxygens (including phenoxy) is 1. The highest BCUT2D eigenvalue weighted by Gasteiger charge is 2.02. The number of nitrogens with zero attached hydrogens (tertiary/aromatic N) is 1. The van der Waals surface area contributed by atoms with Crippen molar-refractivity contribution >= 4 is 17.6 Å². The van der Waals surface area contributed by atoms with Gasteiger partial charge in [-0.1, -0.05) is 31.5 Å². The van der Waals surface area contributed by atoms with Crippen LogP contribution in [0.5, 0.6) is 0 Å². The van der Waals surface area contributed by atoms with E-state index in [9.17, 15) is 4.39 Å². The topological polar surface area (TPSA) is 45.7 Å². The Bertz CT molecular complexity index is 480. The predicted octanol–water partition coefficient (Wildman–Crippen LogP) is 3.21. The van der Waals surface area contributed by atoms with Crippen LogP contribution >= 0.6 is 11.6 Å². The minimum atomic E-state index is -0.408. The molecule has 0 radical (unpaired) electrons. The number of aliphatic imine (C=N–C) groups is 1. The molecule has 0 aliphatic carbocycles.